The van der Waals surface area contributed by atoms with Crippen LogP contribution in [0.3, 0.4) is 0 Å². The van der Waals surface area contributed by atoms with Gasteiger partial charge < -0.3 is 10.2 Å². The minimum atomic E-state index is 0.350. The molecule has 0 aliphatic rings. The van der Waals surface area contributed by atoms with Crippen molar-refractivity contribution in [2.45, 2.75) is 6.04 Å². The molecule has 0 aliphatic heterocycles. The first-order valence-corrected chi connectivity index (χ1v) is 9.93. The lowest BCUT2D eigenvalue weighted by atomic mass is 10.1. The van der Waals surface area contributed by atoms with Gasteiger partial charge in [-0.25, -0.2) is 9.97 Å². The molecule has 5 heteroatoms. The summed E-state index contributed by atoms with van der Waals surface area (Å²) < 4.78 is 0. The highest BCUT2D eigenvalue weighted by Crippen LogP contribution is 2.34. The number of thiophene rings is 1. The molecule has 2 aromatic carbocycles. The molecule has 4 nitrogen and oxygen atoms in total. The predicted octanol–water partition coefficient (Wildman–Crippen LogP) is 3.66. The van der Waals surface area contributed by atoms with Crippen LogP contribution in [0, 0.1) is 0 Å². The van der Waals surface area contributed by atoms with Crippen LogP contribution in [0.4, 0.5) is 5.82 Å². The summed E-state index contributed by atoms with van der Waals surface area (Å²) in [5.74, 6) is 0.903. The fraction of sp³-hybridized carbons (Fsp3) is 0.182. The van der Waals surface area contributed by atoms with Crippen molar-refractivity contribution in [2.75, 3.05) is 26.0 Å². The number of nitrogens with one attached hydrogen (secondary N) is 2. The van der Waals surface area contributed by atoms with Crippen LogP contribution in [0.2, 0.25) is 0 Å². The van der Waals surface area contributed by atoms with Crippen LogP contribution in [0.25, 0.3) is 20.7 Å². The smallest absolute Gasteiger partial charge is 0.138 e. The van der Waals surface area contributed by atoms with E-state index in [0.29, 0.717) is 6.04 Å². The molecule has 2 aromatic heterocycles. The molecular formula is C22H23N4S+. The number of rotatable bonds is 6. The summed E-state index contributed by atoms with van der Waals surface area (Å²) in [7, 11) is 4.38. The van der Waals surface area contributed by atoms with Gasteiger partial charge in [0, 0.05) is 10.4 Å². The predicted molar refractivity (Wildman–Crippen MR) is 113 cm³/mol. The van der Waals surface area contributed by atoms with E-state index >= 15 is 0 Å². The van der Waals surface area contributed by atoms with E-state index in [1.54, 1.807) is 17.7 Å². The molecule has 27 heavy (non-hydrogen) atoms. The molecule has 4 aromatic rings. The number of quaternary nitrogens is 1. The summed E-state index contributed by atoms with van der Waals surface area (Å²) >= 11 is 1.71. The van der Waals surface area contributed by atoms with E-state index in [9.17, 15) is 0 Å². The fourth-order valence-electron chi connectivity index (χ4n) is 3.28. The van der Waals surface area contributed by atoms with Crippen molar-refractivity contribution in [1.82, 2.24) is 9.97 Å². The third kappa shape index (κ3) is 3.84. The van der Waals surface area contributed by atoms with Crippen molar-refractivity contribution in [2.24, 2.45) is 0 Å². The fourth-order valence-corrected chi connectivity index (χ4v) is 4.28. The molecule has 0 unspecified atom stereocenters. The van der Waals surface area contributed by atoms with E-state index in [1.165, 1.54) is 20.9 Å². The highest BCUT2D eigenvalue weighted by molar-refractivity contribution is 7.21. The first kappa shape index (κ1) is 17.6. The van der Waals surface area contributed by atoms with Gasteiger partial charge in [-0.3, -0.25) is 0 Å². The van der Waals surface area contributed by atoms with Crippen LogP contribution in [-0.4, -0.2) is 30.6 Å². The van der Waals surface area contributed by atoms with Crippen molar-refractivity contribution in [3.8, 4) is 10.4 Å². The van der Waals surface area contributed by atoms with Crippen LogP contribution in [0.5, 0.6) is 0 Å². The maximum Gasteiger partial charge on any atom is 0.138 e. The van der Waals surface area contributed by atoms with Crippen molar-refractivity contribution in [1.29, 1.82) is 0 Å². The lowest BCUT2D eigenvalue weighted by Crippen LogP contribution is -3.06. The number of benzene rings is 2. The monoisotopic (exact) mass is 375 g/mol. The van der Waals surface area contributed by atoms with E-state index in [2.05, 4.69) is 90.0 Å². The topological polar surface area (TPSA) is 42.2 Å². The lowest BCUT2D eigenvalue weighted by molar-refractivity contribution is -0.890. The molecule has 2 N–H and O–H groups in total. The van der Waals surface area contributed by atoms with E-state index in [1.807, 2.05) is 6.07 Å². The molecule has 0 radical (unpaired) electrons. The Kier molecular flexibility index (Phi) is 5.14. The minimum Gasteiger partial charge on any atom is -0.363 e. The van der Waals surface area contributed by atoms with Gasteiger partial charge >= 0.3 is 0 Å². The standard InChI is InChI=1S/C22H22N4S/c1-26(2)19(16-9-5-3-6-10-16)14-23-21-18-13-20(17-11-7-4-8-12-17)27-22(18)25-15-24-21/h3-13,15,19H,14H2,1-2H3,(H,23,24,25)/p+1/t19-/m1/s1. The molecule has 0 fully saturated rings. The largest absolute Gasteiger partial charge is 0.363 e. The molecule has 0 bridgehead atoms. The Morgan fingerprint density at radius 2 is 1.67 bits per heavy atom. The number of hydrogen-bond acceptors (Lipinski definition) is 4. The Labute approximate surface area is 163 Å². The number of anilines is 1. The Hall–Kier alpha value is -2.76. The normalized spacial score (nSPS) is 12.4. The van der Waals surface area contributed by atoms with E-state index in [0.717, 1.165) is 22.6 Å². The highest BCUT2D eigenvalue weighted by Gasteiger charge is 2.18. The average molecular weight is 376 g/mol. The van der Waals surface area contributed by atoms with Gasteiger partial charge in [-0.05, 0) is 11.6 Å². The van der Waals surface area contributed by atoms with Crippen molar-refractivity contribution < 1.29 is 4.90 Å². The van der Waals surface area contributed by atoms with E-state index in [-0.39, 0.29) is 0 Å². The van der Waals surface area contributed by atoms with Gasteiger partial charge in [0.1, 0.15) is 23.0 Å². The molecular weight excluding hydrogens is 352 g/mol. The number of hydrogen-bond donors (Lipinski definition) is 2. The summed E-state index contributed by atoms with van der Waals surface area (Å²) in [6, 6.07) is 23.6. The second-order valence-corrected chi connectivity index (χ2v) is 7.87. The van der Waals surface area contributed by atoms with Gasteiger partial charge in [-0.2, -0.15) is 0 Å². The second kappa shape index (κ2) is 7.86. The number of nitrogens with zero attached hydrogens (tertiary/aromatic N) is 2. The molecule has 136 valence electrons. The van der Waals surface area contributed by atoms with Crippen LogP contribution >= 0.6 is 11.3 Å². The lowest BCUT2D eigenvalue weighted by Gasteiger charge is -2.22. The first-order chi connectivity index (χ1) is 13.2. The Balaban J connectivity index is 1.61. The molecule has 0 aliphatic carbocycles. The molecule has 1 atom stereocenters. The van der Waals surface area contributed by atoms with Crippen LogP contribution in [0.1, 0.15) is 11.6 Å². The maximum absolute atomic E-state index is 4.51. The summed E-state index contributed by atoms with van der Waals surface area (Å²) in [6.45, 7) is 0.814. The van der Waals surface area contributed by atoms with Crippen molar-refractivity contribution in [3.63, 3.8) is 0 Å². The van der Waals surface area contributed by atoms with Gasteiger partial charge in [-0.1, -0.05) is 60.7 Å². The van der Waals surface area contributed by atoms with E-state index in [4.69, 9.17) is 0 Å². The summed E-state index contributed by atoms with van der Waals surface area (Å²) in [6.07, 6.45) is 1.65. The average Bonchev–Trinajstić information content (AvgIpc) is 3.14. The molecule has 4 rings (SSSR count). The van der Waals surface area contributed by atoms with E-state index < -0.39 is 0 Å². The SMILES string of the molecule is C[NH+](C)[C@H](CNc1ncnc2sc(-c3ccccc3)cc12)c1ccccc1. The zero-order valence-corrected chi connectivity index (χ0v) is 16.3. The molecule has 0 spiro atoms. The summed E-state index contributed by atoms with van der Waals surface area (Å²) in [5.41, 5.74) is 2.54. The Bertz CT molecular complexity index is 1010. The molecule has 0 saturated carbocycles. The quantitative estimate of drug-likeness (QED) is 0.540. The highest BCUT2D eigenvalue weighted by atomic mass is 32.1. The zero-order valence-electron chi connectivity index (χ0n) is 15.5. The third-order valence-corrected chi connectivity index (χ3v) is 5.85. The van der Waals surface area contributed by atoms with Crippen LogP contribution < -0.4 is 10.2 Å². The maximum atomic E-state index is 4.51. The molecule has 2 heterocycles. The number of fused-ring (bicyclic) bond motifs is 1. The first-order valence-electron chi connectivity index (χ1n) is 9.11. The number of likely N-dealkylation sites (N-methyl/N-ethyl adjacent to an activating group) is 1. The van der Waals surface area contributed by atoms with Gasteiger partial charge in [0.2, 0.25) is 0 Å². The van der Waals surface area contributed by atoms with Crippen molar-refractivity contribution >= 4 is 27.4 Å². The second-order valence-electron chi connectivity index (χ2n) is 6.84. The van der Waals surface area contributed by atoms with Crippen LogP contribution in [-0.2, 0) is 0 Å². The molecule has 0 amide bonds. The van der Waals surface area contributed by atoms with Crippen molar-refractivity contribution in [3.05, 3.63) is 78.6 Å². The van der Waals surface area contributed by atoms with Gasteiger partial charge in [0.25, 0.3) is 0 Å². The summed E-state index contributed by atoms with van der Waals surface area (Å²) in [4.78, 5) is 12.6. The van der Waals surface area contributed by atoms with Gasteiger partial charge in [0.15, 0.2) is 0 Å². The number of aromatic nitrogens is 2. The Morgan fingerprint density at radius 3 is 2.37 bits per heavy atom. The van der Waals surface area contributed by atoms with Crippen LogP contribution in [0.15, 0.2) is 73.1 Å². The van der Waals surface area contributed by atoms with Gasteiger partial charge in [0.05, 0.1) is 26.0 Å². The Morgan fingerprint density at radius 1 is 0.963 bits per heavy atom. The zero-order chi connectivity index (χ0) is 18.6. The summed E-state index contributed by atoms with van der Waals surface area (Å²) in [5, 5.41) is 4.65. The molecule has 0 saturated heterocycles. The minimum absolute atomic E-state index is 0.350. The van der Waals surface area contributed by atoms with Gasteiger partial charge in [-0.15, -0.1) is 11.3 Å². The third-order valence-electron chi connectivity index (χ3n) is 4.76.